The molecule has 0 aromatic carbocycles. The predicted molar refractivity (Wildman–Crippen MR) is 180 cm³/mol. The average Bonchev–Trinajstić information content (AvgIpc) is 3.22. The maximum absolute atomic E-state index is 17.4. The monoisotopic (exact) mass is 718 g/mol. The van der Waals surface area contributed by atoms with Crippen molar-refractivity contribution in [3.63, 3.8) is 0 Å². The van der Waals surface area contributed by atoms with Crippen molar-refractivity contribution in [1.29, 1.82) is 0 Å². The summed E-state index contributed by atoms with van der Waals surface area (Å²) >= 11 is -3.29. The van der Waals surface area contributed by atoms with Crippen LogP contribution in [0.15, 0.2) is 0 Å². The summed E-state index contributed by atoms with van der Waals surface area (Å²) in [6, 6.07) is -0.197. The van der Waals surface area contributed by atoms with Crippen LogP contribution in [-0.4, -0.2) is 75.7 Å². The SMILES string of the molecule is CCC[CH2][Sn]([CH2]CCC)([CH2]CCC)[c]1nc2c3c(nc(C)c(C)c3c1F)N1C[C@H]3CC[C@@H]([C@H]1[C@H](C)O2)N3C(=O)OC(C)(C)C. The van der Waals surface area contributed by atoms with Gasteiger partial charge in [0.25, 0.3) is 0 Å². The number of nitrogens with zero attached hydrogens (tertiary/aromatic N) is 4. The number of carbonyl (C=O) groups is 1. The molecule has 3 aliphatic heterocycles. The fourth-order valence-corrected chi connectivity index (χ4v) is 23.8. The number of pyridine rings is 2. The van der Waals surface area contributed by atoms with Gasteiger partial charge in [-0.05, 0) is 0 Å². The van der Waals surface area contributed by atoms with Crippen molar-refractivity contribution in [1.82, 2.24) is 14.9 Å². The van der Waals surface area contributed by atoms with Crippen molar-refractivity contribution in [2.75, 3.05) is 11.4 Å². The number of hydrogen-bond acceptors (Lipinski definition) is 6. The van der Waals surface area contributed by atoms with Gasteiger partial charge in [0.15, 0.2) is 0 Å². The first-order valence-corrected chi connectivity index (χ1v) is 24.8. The van der Waals surface area contributed by atoms with E-state index in [4.69, 9.17) is 19.4 Å². The van der Waals surface area contributed by atoms with E-state index in [9.17, 15) is 4.79 Å². The molecule has 0 aliphatic carbocycles. The van der Waals surface area contributed by atoms with E-state index in [1.807, 2.05) is 39.5 Å². The summed E-state index contributed by atoms with van der Waals surface area (Å²) in [4.78, 5) is 28.2. The molecule has 244 valence electrons. The zero-order valence-corrected chi connectivity index (χ0v) is 31.5. The molecule has 7 nitrogen and oxygen atoms in total. The van der Waals surface area contributed by atoms with Crippen molar-refractivity contribution in [2.45, 2.75) is 157 Å². The van der Waals surface area contributed by atoms with E-state index >= 15 is 4.39 Å². The summed E-state index contributed by atoms with van der Waals surface area (Å²) in [7, 11) is 0. The van der Waals surface area contributed by atoms with Gasteiger partial charge in [-0.15, -0.1) is 0 Å². The molecule has 0 unspecified atom stereocenters. The summed E-state index contributed by atoms with van der Waals surface area (Å²) in [5.74, 6) is 1.22. The predicted octanol–water partition coefficient (Wildman–Crippen LogP) is 8.18. The minimum absolute atomic E-state index is 0.0105. The number of halogens is 1. The number of amides is 1. The van der Waals surface area contributed by atoms with E-state index in [1.165, 1.54) is 0 Å². The molecule has 5 heterocycles. The molecule has 4 atom stereocenters. The third kappa shape index (κ3) is 6.02. The van der Waals surface area contributed by atoms with Crippen LogP contribution in [-0.2, 0) is 4.74 Å². The Morgan fingerprint density at radius 1 is 1.00 bits per heavy atom. The van der Waals surface area contributed by atoms with E-state index in [0.717, 1.165) is 90.8 Å². The van der Waals surface area contributed by atoms with Crippen LogP contribution in [0.2, 0.25) is 13.3 Å². The van der Waals surface area contributed by atoms with Gasteiger partial charge >= 0.3 is 270 Å². The molecule has 2 bridgehead atoms. The van der Waals surface area contributed by atoms with Crippen LogP contribution >= 0.6 is 0 Å². The summed E-state index contributed by atoms with van der Waals surface area (Å²) in [5, 5.41) is 1.38. The Morgan fingerprint density at radius 3 is 2.18 bits per heavy atom. The first-order chi connectivity index (χ1) is 20.9. The number of aryl methyl sites for hydroxylation is 2. The first-order valence-electron chi connectivity index (χ1n) is 17.3. The number of carbonyl (C=O) groups excluding carboxylic acids is 1. The van der Waals surface area contributed by atoms with E-state index in [2.05, 4.69) is 32.6 Å². The molecule has 2 saturated heterocycles. The fraction of sp³-hybridized carbons (Fsp3) is 0.743. The van der Waals surface area contributed by atoms with Gasteiger partial charge < -0.3 is 0 Å². The van der Waals surface area contributed by atoms with Crippen LogP contribution in [0.25, 0.3) is 10.8 Å². The second-order valence-corrected chi connectivity index (χ2v) is 27.7. The van der Waals surface area contributed by atoms with E-state index < -0.39 is 24.0 Å². The number of hydrogen-bond donors (Lipinski definition) is 0. The molecular weight excluding hydrogens is 662 g/mol. The Balaban J connectivity index is 1.68. The Kier molecular flexibility index (Phi) is 9.99. The number of fused-ring (bicyclic) bond motifs is 5. The molecule has 2 aromatic heterocycles. The normalized spacial score (nSPS) is 23.0. The number of aromatic nitrogens is 2. The molecule has 0 saturated carbocycles. The zero-order chi connectivity index (χ0) is 32.0. The molecule has 2 fully saturated rings. The van der Waals surface area contributed by atoms with Crippen LogP contribution in [0.3, 0.4) is 0 Å². The molecular formula is C35H55FN4O3Sn. The van der Waals surface area contributed by atoms with Crippen LogP contribution in [0.5, 0.6) is 5.88 Å². The van der Waals surface area contributed by atoms with Crippen molar-refractivity contribution in [3.8, 4) is 5.88 Å². The molecule has 0 radical (unpaired) electrons. The molecule has 9 heteroatoms. The Morgan fingerprint density at radius 2 is 1.61 bits per heavy atom. The minimum atomic E-state index is -3.29. The number of rotatable bonds is 10. The molecule has 3 aliphatic rings. The fourth-order valence-electron chi connectivity index (χ4n) is 8.12. The third-order valence-corrected chi connectivity index (χ3v) is 25.4. The van der Waals surface area contributed by atoms with E-state index in [-0.39, 0.29) is 36.1 Å². The van der Waals surface area contributed by atoms with Crippen LogP contribution in [0.1, 0.15) is 111 Å². The van der Waals surface area contributed by atoms with Gasteiger partial charge in [0.05, 0.1) is 0 Å². The molecule has 44 heavy (non-hydrogen) atoms. The van der Waals surface area contributed by atoms with Crippen LogP contribution in [0.4, 0.5) is 15.0 Å². The van der Waals surface area contributed by atoms with Crippen molar-refractivity contribution in [3.05, 3.63) is 17.1 Å². The van der Waals surface area contributed by atoms with E-state index in [0.29, 0.717) is 17.8 Å². The number of piperazine rings is 1. The van der Waals surface area contributed by atoms with Gasteiger partial charge in [0, 0.05) is 0 Å². The summed E-state index contributed by atoms with van der Waals surface area (Å²) < 4.78 is 34.3. The third-order valence-electron chi connectivity index (χ3n) is 10.4. The quantitative estimate of drug-likeness (QED) is 0.231. The average molecular weight is 718 g/mol. The summed E-state index contributed by atoms with van der Waals surface area (Å²) in [6.07, 6.45) is 8.00. The second kappa shape index (κ2) is 13.1. The van der Waals surface area contributed by atoms with Crippen LogP contribution < -0.4 is 13.3 Å². The maximum atomic E-state index is 17.4. The summed E-state index contributed by atoms with van der Waals surface area (Å²) in [6.45, 7) is 19.2. The Hall–Kier alpha value is -1.84. The second-order valence-electron chi connectivity index (χ2n) is 14.7. The van der Waals surface area contributed by atoms with Gasteiger partial charge in [-0.3, -0.25) is 0 Å². The molecule has 2 aromatic rings. The number of ether oxygens (including phenoxy) is 2. The Labute approximate surface area is 268 Å². The van der Waals surface area contributed by atoms with E-state index in [1.54, 1.807) is 0 Å². The topological polar surface area (TPSA) is 67.8 Å². The van der Waals surface area contributed by atoms with Crippen LogP contribution in [0, 0.1) is 19.7 Å². The standard InChI is InChI=1S/C23H28FN4O3.3C4H9.Sn/c1-11-12(2)26-20-18-17(11)15(24)9-25-21(18)30-13(3)19-16-8-7-14(10-27(19)20)28(16)22(29)31-23(4,5)6;3*1-3-4-2;/h13-14,16,19H,7-8,10H2,1-6H3;3*1,3-4H2,2H3;/t13-,14+,16-,19+;;;;/m0..../s1. The van der Waals surface area contributed by atoms with Gasteiger partial charge in [-0.2, -0.15) is 0 Å². The first kappa shape index (κ1) is 33.5. The van der Waals surface area contributed by atoms with Crippen molar-refractivity contribution in [2.24, 2.45) is 0 Å². The summed E-state index contributed by atoms with van der Waals surface area (Å²) in [5.41, 5.74) is 1.17. The van der Waals surface area contributed by atoms with Gasteiger partial charge in [0.1, 0.15) is 0 Å². The zero-order valence-electron chi connectivity index (χ0n) is 28.7. The Bertz CT molecular complexity index is 1360. The molecule has 0 spiro atoms. The number of unbranched alkanes of at least 4 members (excludes halogenated alkanes) is 3. The molecule has 5 rings (SSSR count). The van der Waals surface area contributed by atoms with Gasteiger partial charge in [-0.1, -0.05) is 0 Å². The van der Waals surface area contributed by atoms with Gasteiger partial charge in [0.2, 0.25) is 0 Å². The van der Waals surface area contributed by atoms with Gasteiger partial charge in [-0.25, -0.2) is 0 Å². The van der Waals surface area contributed by atoms with Crippen molar-refractivity contribution < 1.29 is 18.7 Å². The molecule has 0 N–H and O–H groups in total. The number of anilines is 1. The van der Waals surface area contributed by atoms with Crippen molar-refractivity contribution >= 4 is 44.8 Å². The molecule has 1 amide bonds.